The van der Waals surface area contributed by atoms with Crippen LogP contribution in [0.15, 0.2) is 0 Å². The molecule has 0 saturated carbocycles. The van der Waals surface area contributed by atoms with Gasteiger partial charge in [0.2, 0.25) is 0 Å². The largest absolute Gasteiger partial charge is 0.380 e. The number of ether oxygens (including phenoxy) is 1. The van der Waals surface area contributed by atoms with Crippen LogP contribution >= 0.6 is 0 Å². The summed E-state index contributed by atoms with van der Waals surface area (Å²) in [5, 5.41) is 0. The van der Waals surface area contributed by atoms with Crippen molar-refractivity contribution in [3.8, 4) is 0 Å². The third kappa shape index (κ3) is 4.40. The first-order valence-electron chi connectivity index (χ1n) is 5.82. The van der Waals surface area contributed by atoms with Gasteiger partial charge in [0.15, 0.2) is 0 Å². The van der Waals surface area contributed by atoms with E-state index >= 15 is 0 Å². The van der Waals surface area contributed by atoms with Crippen LogP contribution in [0.5, 0.6) is 0 Å². The van der Waals surface area contributed by atoms with Crippen LogP contribution in [-0.4, -0.2) is 44.3 Å². The number of unbranched alkanes of at least 4 members (excludes halogenated alkanes) is 2. The molecule has 2 N–H and O–H groups in total. The summed E-state index contributed by atoms with van der Waals surface area (Å²) in [5.74, 6) is 0. The second kappa shape index (κ2) is 7.21. The number of likely N-dealkylation sites (tertiary alicyclic amines) is 1. The summed E-state index contributed by atoms with van der Waals surface area (Å²) in [6.07, 6.45) is 6.71. The predicted molar refractivity (Wildman–Crippen MR) is 59.4 cm³/mol. The first kappa shape index (κ1) is 12.0. The SMILES string of the molecule is COC1CCCN(CCCCCN)C1. The molecule has 1 saturated heterocycles. The summed E-state index contributed by atoms with van der Waals surface area (Å²) in [5.41, 5.74) is 5.46. The van der Waals surface area contributed by atoms with Crippen molar-refractivity contribution in [1.29, 1.82) is 0 Å². The molecular weight excluding hydrogens is 176 g/mol. The van der Waals surface area contributed by atoms with Crippen molar-refractivity contribution in [1.82, 2.24) is 4.90 Å². The molecule has 14 heavy (non-hydrogen) atoms. The lowest BCUT2D eigenvalue weighted by Crippen LogP contribution is -2.39. The van der Waals surface area contributed by atoms with Gasteiger partial charge in [0, 0.05) is 13.7 Å². The normalized spacial score (nSPS) is 24.0. The third-order valence-electron chi connectivity index (χ3n) is 2.97. The quantitative estimate of drug-likeness (QED) is 0.655. The third-order valence-corrected chi connectivity index (χ3v) is 2.97. The number of methoxy groups -OCH3 is 1. The Morgan fingerprint density at radius 1 is 1.36 bits per heavy atom. The number of nitrogens with two attached hydrogens (primary N) is 1. The molecule has 0 aromatic rings. The lowest BCUT2D eigenvalue weighted by molar-refractivity contribution is 0.0309. The average Bonchev–Trinajstić information content (AvgIpc) is 2.25. The van der Waals surface area contributed by atoms with Gasteiger partial charge < -0.3 is 15.4 Å². The molecule has 1 unspecified atom stereocenters. The molecule has 0 amide bonds. The summed E-state index contributed by atoms with van der Waals surface area (Å²) >= 11 is 0. The summed E-state index contributed by atoms with van der Waals surface area (Å²) in [6.45, 7) is 4.43. The Bertz CT molecular complexity index is 141. The van der Waals surface area contributed by atoms with E-state index in [0.717, 1.165) is 13.1 Å². The first-order chi connectivity index (χ1) is 6.86. The predicted octanol–water partition coefficient (Wildman–Crippen LogP) is 1.23. The van der Waals surface area contributed by atoms with E-state index in [1.54, 1.807) is 0 Å². The van der Waals surface area contributed by atoms with Crippen LogP contribution in [0.4, 0.5) is 0 Å². The van der Waals surface area contributed by atoms with Gasteiger partial charge in [0.1, 0.15) is 0 Å². The highest BCUT2D eigenvalue weighted by atomic mass is 16.5. The Morgan fingerprint density at radius 2 is 2.21 bits per heavy atom. The molecule has 3 heteroatoms. The zero-order chi connectivity index (χ0) is 10.2. The molecule has 0 aliphatic carbocycles. The molecule has 3 nitrogen and oxygen atoms in total. The van der Waals surface area contributed by atoms with Crippen molar-refractivity contribution in [2.75, 3.05) is 33.3 Å². The maximum atomic E-state index is 5.46. The van der Waals surface area contributed by atoms with Crippen molar-refractivity contribution in [2.45, 2.75) is 38.2 Å². The second-order valence-corrected chi connectivity index (χ2v) is 4.15. The van der Waals surface area contributed by atoms with Crippen molar-refractivity contribution >= 4 is 0 Å². The molecule has 1 aliphatic heterocycles. The molecule has 0 spiro atoms. The molecule has 1 aliphatic rings. The maximum Gasteiger partial charge on any atom is 0.0698 e. The van der Waals surface area contributed by atoms with E-state index < -0.39 is 0 Å². The Hall–Kier alpha value is -0.120. The fourth-order valence-corrected chi connectivity index (χ4v) is 2.07. The van der Waals surface area contributed by atoms with Crippen LogP contribution in [0.2, 0.25) is 0 Å². The van der Waals surface area contributed by atoms with Crippen LogP contribution in [0.25, 0.3) is 0 Å². The first-order valence-corrected chi connectivity index (χ1v) is 5.82. The molecule has 1 heterocycles. The van der Waals surface area contributed by atoms with E-state index in [-0.39, 0.29) is 0 Å². The molecule has 1 rings (SSSR count). The summed E-state index contributed by atoms with van der Waals surface area (Å²) in [4.78, 5) is 2.52. The van der Waals surface area contributed by atoms with Crippen LogP contribution < -0.4 is 5.73 Å². The minimum Gasteiger partial charge on any atom is -0.380 e. The van der Waals surface area contributed by atoms with Gasteiger partial charge in [0.25, 0.3) is 0 Å². The molecule has 84 valence electrons. The summed E-state index contributed by atoms with van der Waals surface area (Å²) < 4.78 is 5.39. The van der Waals surface area contributed by atoms with Crippen molar-refractivity contribution in [3.63, 3.8) is 0 Å². The highest BCUT2D eigenvalue weighted by Gasteiger charge is 2.18. The monoisotopic (exact) mass is 200 g/mol. The van der Waals surface area contributed by atoms with E-state index in [1.807, 2.05) is 7.11 Å². The zero-order valence-electron chi connectivity index (χ0n) is 9.37. The van der Waals surface area contributed by atoms with Crippen molar-refractivity contribution in [2.24, 2.45) is 5.73 Å². The van der Waals surface area contributed by atoms with Crippen LogP contribution in [-0.2, 0) is 4.74 Å². The van der Waals surface area contributed by atoms with Gasteiger partial charge >= 0.3 is 0 Å². The molecule has 1 atom stereocenters. The van der Waals surface area contributed by atoms with Crippen LogP contribution in [0, 0.1) is 0 Å². The number of piperidine rings is 1. The van der Waals surface area contributed by atoms with Gasteiger partial charge in [0.05, 0.1) is 6.10 Å². The maximum absolute atomic E-state index is 5.46. The fourth-order valence-electron chi connectivity index (χ4n) is 2.07. The van der Waals surface area contributed by atoms with Gasteiger partial charge in [-0.25, -0.2) is 0 Å². The van der Waals surface area contributed by atoms with E-state index in [1.165, 1.54) is 45.2 Å². The Balaban J connectivity index is 2.05. The lowest BCUT2D eigenvalue weighted by atomic mass is 10.1. The highest BCUT2D eigenvalue weighted by molar-refractivity contribution is 4.72. The summed E-state index contributed by atoms with van der Waals surface area (Å²) in [6, 6.07) is 0. The lowest BCUT2D eigenvalue weighted by Gasteiger charge is -2.31. The number of rotatable bonds is 6. The van der Waals surface area contributed by atoms with E-state index in [9.17, 15) is 0 Å². The van der Waals surface area contributed by atoms with Gasteiger partial charge in [-0.3, -0.25) is 0 Å². The minimum atomic E-state index is 0.471. The second-order valence-electron chi connectivity index (χ2n) is 4.15. The van der Waals surface area contributed by atoms with Crippen LogP contribution in [0.3, 0.4) is 0 Å². The topological polar surface area (TPSA) is 38.5 Å². The number of hydrogen-bond acceptors (Lipinski definition) is 3. The molecular formula is C11H24N2O. The van der Waals surface area contributed by atoms with Gasteiger partial charge in [-0.05, 0) is 45.3 Å². The van der Waals surface area contributed by atoms with Crippen LogP contribution in [0.1, 0.15) is 32.1 Å². The number of hydrogen-bond donors (Lipinski definition) is 1. The van der Waals surface area contributed by atoms with Gasteiger partial charge in [-0.1, -0.05) is 6.42 Å². The fraction of sp³-hybridized carbons (Fsp3) is 1.00. The standard InChI is InChI=1S/C11H24N2O/c1-14-11-6-5-9-13(10-11)8-4-2-3-7-12/h11H,2-10,12H2,1H3. The molecule has 0 aromatic heterocycles. The Labute approximate surface area is 87.6 Å². The minimum absolute atomic E-state index is 0.471. The average molecular weight is 200 g/mol. The van der Waals surface area contributed by atoms with Gasteiger partial charge in [-0.15, -0.1) is 0 Å². The molecule has 0 aromatic carbocycles. The number of nitrogens with zero attached hydrogens (tertiary/aromatic N) is 1. The molecule has 1 fully saturated rings. The molecule has 0 bridgehead atoms. The highest BCUT2D eigenvalue weighted by Crippen LogP contribution is 2.13. The van der Waals surface area contributed by atoms with Crippen molar-refractivity contribution in [3.05, 3.63) is 0 Å². The zero-order valence-corrected chi connectivity index (χ0v) is 9.37. The van der Waals surface area contributed by atoms with E-state index in [2.05, 4.69) is 4.90 Å². The Kier molecular flexibility index (Phi) is 6.15. The Morgan fingerprint density at radius 3 is 2.93 bits per heavy atom. The van der Waals surface area contributed by atoms with Crippen molar-refractivity contribution < 1.29 is 4.74 Å². The summed E-state index contributed by atoms with van der Waals surface area (Å²) in [7, 11) is 1.82. The smallest absolute Gasteiger partial charge is 0.0698 e. The van der Waals surface area contributed by atoms with E-state index in [4.69, 9.17) is 10.5 Å². The molecule has 0 radical (unpaired) electrons. The van der Waals surface area contributed by atoms with Gasteiger partial charge in [-0.2, -0.15) is 0 Å². The van der Waals surface area contributed by atoms with E-state index in [0.29, 0.717) is 6.10 Å².